The van der Waals surface area contributed by atoms with Gasteiger partial charge in [0.15, 0.2) is 0 Å². The molecule has 0 fully saturated rings. The monoisotopic (exact) mass is 237 g/mol. The summed E-state index contributed by atoms with van der Waals surface area (Å²) in [5, 5.41) is 0. The lowest BCUT2D eigenvalue weighted by atomic mass is 9.91. The van der Waals surface area contributed by atoms with Gasteiger partial charge in [0.1, 0.15) is 0 Å². The minimum Gasteiger partial charge on any atom is -0.367 e. The molecule has 2 aromatic rings. The minimum absolute atomic E-state index is 0.688. The molecule has 2 aromatic carbocycles. The van der Waals surface area contributed by atoms with Crippen LogP contribution >= 0.6 is 0 Å². The van der Waals surface area contributed by atoms with Crippen molar-refractivity contribution in [3.8, 4) is 0 Å². The fraction of sp³-hybridized carbons (Fsp3) is 0.294. The van der Waals surface area contributed by atoms with Crippen LogP contribution in [0.1, 0.15) is 30.4 Å². The van der Waals surface area contributed by atoms with Crippen molar-refractivity contribution in [2.75, 3.05) is 11.4 Å². The molecule has 3 rings (SSSR count). The highest BCUT2D eigenvalue weighted by molar-refractivity contribution is 5.57. The molecule has 0 saturated heterocycles. The van der Waals surface area contributed by atoms with E-state index in [0.717, 1.165) is 13.1 Å². The first-order valence-electron chi connectivity index (χ1n) is 6.72. The minimum atomic E-state index is 0.688. The van der Waals surface area contributed by atoms with Crippen LogP contribution in [0.5, 0.6) is 0 Å². The van der Waals surface area contributed by atoms with Crippen LogP contribution in [0.15, 0.2) is 54.6 Å². The molecule has 1 aliphatic rings. The van der Waals surface area contributed by atoms with E-state index >= 15 is 0 Å². The van der Waals surface area contributed by atoms with Gasteiger partial charge in [-0.25, -0.2) is 0 Å². The van der Waals surface area contributed by atoms with Crippen LogP contribution in [0, 0.1) is 0 Å². The van der Waals surface area contributed by atoms with E-state index in [0.29, 0.717) is 5.92 Å². The molecule has 1 heterocycles. The first-order valence-corrected chi connectivity index (χ1v) is 6.72. The zero-order chi connectivity index (χ0) is 12.4. The number of rotatable bonds is 2. The van der Waals surface area contributed by atoms with Gasteiger partial charge in [0.2, 0.25) is 0 Å². The number of hydrogen-bond acceptors (Lipinski definition) is 1. The van der Waals surface area contributed by atoms with Crippen molar-refractivity contribution < 1.29 is 0 Å². The fourth-order valence-electron chi connectivity index (χ4n) is 2.79. The van der Waals surface area contributed by atoms with Crippen molar-refractivity contribution in [1.29, 1.82) is 0 Å². The number of benzene rings is 2. The Morgan fingerprint density at radius 1 is 1.00 bits per heavy atom. The molecular weight excluding hydrogens is 218 g/mol. The summed E-state index contributed by atoms with van der Waals surface area (Å²) < 4.78 is 0. The second kappa shape index (κ2) is 4.85. The third-order valence-electron chi connectivity index (χ3n) is 3.86. The normalized spacial score (nSPS) is 18.5. The molecule has 0 radical (unpaired) electrons. The Morgan fingerprint density at radius 2 is 1.72 bits per heavy atom. The van der Waals surface area contributed by atoms with Crippen molar-refractivity contribution in [3.63, 3.8) is 0 Å². The Labute approximate surface area is 109 Å². The molecule has 0 N–H and O–H groups in total. The van der Waals surface area contributed by atoms with Gasteiger partial charge in [0.25, 0.3) is 0 Å². The number of para-hydroxylation sites is 1. The molecule has 0 spiro atoms. The van der Waals surface area contributed by atoms with Gasteiger partial charge in [0, 0.05) is 18.8 Å². The SMILES string of the molecule is CC1CCN(Cc2ccccc2)c2ccccc21. The summed E-state index contributed by atoms with van der Waals surface area (Å²) in [4.78, 5) is 2.50. The van der Waals surface area contributed by atoms with Crippen LogP contribution in [0.3, 0.4) is 0 Å². The first-order chi connectivity index (χ1) is 8.84. The van der Waals surface area contributed by atoms with E-state index in [-0.39, 0.29) is 0 Å². The molecule has 18 heavy (non-hydrogen) atoms. The largest absolute Gasteiger partial charge is 0.367 e. The van der Waals surface area contributed by atoms with Crippen LogP contribution < -0.4 is 4.90 Å². The van der Waals surface area contributed by atoms with Gasteiger partial charge in [-0.15, -0.1) is 0 Å². The predicted molar refractivity (Wildman–Crippen MR) is 77.0 cm³/mol. The summed E-state index contributed by atoms with van der Waals surface area (Å²) in [7, 11) is 0. The highest BCUT2D eigenvalue weighted by Crippen LogP contribution is 2.35. The van der Waals surface area contributed by atoms with E-state index in [1.807, 2.05) is 0 Å². The zero-order valence-electron chi connectivity index (χ0n) is 10.8. The number of fused-ring (bicyclic) bond motifs is 1. The van der Waals surface area contributed by atoms with Crippen molar-refractivity contribution in [2.24, 2.45) is 0 Å². The lowest BCUT2D eigenvalue weighted by Gasteiger charge is -2.34. The molecule has 0 aliphatic carbocycles. The molecule has 0 bridgehead atoms. The maximum atomic E-state index is 2.50. The van der Waals surface area contributed by atoms with Gasteiger partial charge in [-0.05, 0) is 29.5 Å². The molecule has 92 valence electrons. The molecule has 1 atom stereocenters. The van der Waals surface area contributed by atoms with E-state index in [9.17, 15) is 0 Å². The summed E-state index contributed by atoms with van der Waals surface area (Å²) in [6.45, 7) is 4.51. The van der Waals surface area contributed by atoms with Gasteiger partial charge in [-0.2, -0.15) is 0 Å². The summed E-state index contributed by atoms with van der Waals surface area (Å²) in [5.74, 6) is 0.688. The van der Waals surface area contributed by atoms with Gasteiger partial charge >= 0.3 is 0 Å². The number of anilines is 1. The Morgan fingerprint density at radius 3 is 2.56 bits per heavy atom. The summed E-state index contributed by atoms with van der Waals surface area (Å²) >= 11 is 0. The van der Waals surface area contributed by atoms with Crippen LogP contribution in [0.4, 0.5) is 5.69 Å². The maximum Gasteiger partial charge on any atom is 0.0429 e. The first kappa shape index (κ1) is 11.3. The van der Waals surface area contributed by atoms with Crippen molar-refractivity contribution in [2.45, 2.75) is 25.8 Å². The van der Waals surface area contributed by atoms with E-state index in [1.54, 1.807) is 0 Å². The standard InChI is InChI=1S/C17H19N/c1-14-11-12-18(13-15-7-3-2-4-8-15)17-10-6-5-9-16(14)17/h2-10,14H,11-13H2,1H3. The molecule has 1 heteroatoms. The Balaban J connectivity index is 1.89. The van der Waals surface area contributed by atoms with Crippen LogP contribution in [-0.2, 0) is 6.54 Å². The number of hydrogen-bond donors (Lipinski definition) is 0. The highest BCUT2D eigenvalue weighted by Gasteiger charge is 2.21. The van der Waals surface area contributed by atoms with Gasteiger partial charge in [0.05, 0.1) is 0 Å². The van der Waals surface area contributed by atoms with E-state index in [2.05, 4.69) is 66.4 Å². The average molecular weight is 237 g/mol. The van der Waals surface area contributed by atoms with Gasteiger partial charge < -0.3 is 4.90 Å². The lowest BCUT2D eigenvalue weighted by molar-refractivity contribution is 0.609. The zero-order valence-corrected chi connectivity index (χ0v) is 10.8. The van der Waals surface area contributed by atoms with Gasteiger partial charge in [-0.3, -0.25) is 0 Å². The third kappa shape index (κ3) is 2.13. The molecular formula is C17H19N. The molecule has 1 unspecified atom stereocenters. The van der Waals surface area contributed by atoms with Crippen molar-refractivity contribution in [1.82, 2.24) is 0 Å². The third-order valence-corrected chi connectivity index (χ3v) is 3.86. The summed E-state index contributed by atoms with van der Waals surface area (Å²) in [5.41, 5.74) is 4.31. The summed E-state index contributed by atoms with van der Waals surface area (Å²) in [6, 6.07) is 19.6. The van der Waals surface area contributed by atoms with E-state index in [4.69, 9.17) is 0 Å². The van der Waals surface area contributed by atoms with E-state index in [1.165, 1.54) is 23.2 Å². The lowest BCUT2D eigenvalue weighted by Crippen LogP contribution is -2.29. The average Bonchev–Trinajstić information content (AvgIpc) is 2.44. The quantitative estimate of drug-likeness (QED) is 0.756. The van der Waals surface area contributed by atoms with Gasteiger partial charge in [-0.1, -0.05) is 55.5 Å². The maximum absolute atomic E-state index is 2.50. The van der Waals surface area contributed by atoms with Crippen LogP contribution in [-0.4, -0.2) is 6.54 Å². The van der Waals surface area contributed by atoms with Crippen LogP contribution in [0.2, 0.25) is 0 Å². The fourth-order valence-corrected chi connectivity index (χ4v) is 2.79. The molecule has 0 saturated carbocycles. The smallest absolute Gasteiger partial charge is 0.0429 e. The van der Waals surface area contributed by atoms with Crippen molar-refractivity contribution >= 4 is 5.69 Å². The highest BCUT2D eigenvalue weighted by atomic mass is 15.1. The second-order valence-electron chi connectivity index (χ2n) is 5.16. The Bertz CT molecular complexity index is 518. The molecule has 1 aliphatic heterocycles. The van der Waals surface area contributed by atoms with Crippen LogP contribution in [0.25, 0.3) is 0 Å². The molecule has 1 nitrogen and oxygen atoms in total. The Kier molecular flexibility index (Phi) is 3.06. The number of nitrogens with zero attached hydrogens (tertiary/aromatic N) is 1. The predicted octanol–water partition coefficient (Wildman–Crippen LogP) is 4.20. The molecule has 0 aromatic heterocycles. The van der Waals surface area contributed by atoms with Crippen molar-refractivity contribution in [3.05, 3.63) is 65.7 Å². The second-order valence-corrected chi connectivity index (χ2v) is 5.16. The molecule has 0 amide bonds. The summed E-state index contributed by atoms with van der Waals surface area (Å²) in [6.07, 6.45) is 1.25. The Hall–Kier alpha value is -1.76. The topological polar surface area (TPSA) is 3.24 Å². The van der Waals surface area contributed by atoms with E-state index < -0.39 is 0 Å².